The van der Waals surface area contributed by atoms with E-state index in [4.69, 9.17) is 4.74 Å². The van der Waals surface area contributed by atoms with E-state index in [2.05, 4.69) is 5.32 Å². The molecule has 1 aromatic carbocycles. The minimum absolute atomic E-state index is 0.0230. The third-order valence-corrected chi connectivity index (χ3v) is 2.54. The van der Waals surface area contributed by atoms with Crippen LogP contribution in [0.3, 0.4) is 0 Å². The Balaban J connectivity index is 2.52. The average molecular weight is 289 g/mol. The third kappa shape index (κ3) is 7.30. The van der Waals surface area contributed by atoms with E-state index in [1.165, 1.54) is 6.92 Å². The summed E-state index contributed by atoms with van der Waals surface area (Å²) in [5.41, 5.74) is 1.06. The van der Waals surface area contributed by atoms with Crippen molar-refractivity contribution in [2.75, 3.05) is 6.54 Å². The van der Waals surface area contributed by atoms with Crippen molar-refractivity contribution in [1.29, 1.82) is 0 Å². The van der Waals surface area contributed by atoms with E-state index in [9.17, 15) is 9.59 Å². The second-order valence-corrected chi connectivity index (χ2v) is 5.80. The normalized spacial score (nSPS) is 11.4. The SMILES string of the molecule is CC(=O)NCCC=Cc1ccc(C(=O)OC(C)(C)C)cc1. The molecule has 1 N–H and O–H groups in total. The molecule has 1 aromatic rings. The maximum absolute atomic E-state index is 11.9. The summed E-state index contributed by atoms with van der Waals surface area (Å²) in [4.78, 5) is 22.6. The standard InChI is InChI=1S/C17H23NO3/c1-13(19)18-12-6-5-7-14-8-10-15(11-9-14)16(20)21-17(2,3)4/h5,7-11H,6,12H2,1-4H3,(H,18,19). The van der Waals surface area contributed by atoms with Crippen LogP contribution in [0.2, 0.25) is 0 Å². The highest BCUT2D eigenvalue weighted by Gasteiger charge is 2.17. The van der Waals surface area contributed by atoms with Crippen LogP contribution in [0.4, 0.5) is 0 Å². The first kappa shape index (κ1) is 17.0. The highest BCUT2D eigenvalue weighted by atomic mass is 16.6. The molecule has 0 aliphatic rings. The van der Waals surface area contributed by atoms with E-state index in [0.717, 1.165) is 12.0 Å². The fourth-order valence-electron chi connectivity index (χ4n) is 1.62. The summed E-state index contributed by atoms with van der Waals surface area (Å²) in [6.45, 7) is 7.66. The van der Waals surface area contributed by atoms with Gasteiger partial charge in [0.25, 0.3) is 0 Å². The summed E-state index contributed by atoms with van der Waals surface area (Å²) in [6, 6.07) is 7.24. The van der Waals surface area contributed by atoms with E-state index >= 15 is 0 Å². The number of hydrogen-bond donors (Lipinski definition) is 1. The van der Waals surface area contributed by atoms with Crippen molar-refractivity contribution in [1.82, 2.24) is 5.32 Å². The van der Waals surface area contributed by atoms with Gasteiger partial charge in [-0.05, 0) is 44.9 Å². The minimum atomic E-state index is -0.487. The molecule has 0 unspecified atom stereocenters. The molecule has 0 aliphatic carbocycles. The summed E-state index contributed by atoms with van der Waals surface area (Å²) in [7, 11) is 0. The number of esters is 1. The first-order valence-corrected chi connectivity index (χ1v) is 7.02. The molecule has 21 heavy (non-hydrogen) atoms. The van der Waals surface area contributed by atoms with Crippen molar-refractivity contribution in [3.63, 3.8) is 0 Å². The Labute approximate surface area is 126 Å². The second kappa shape index (κ2) is 7.62. The first-order chi connectivity index (χ1) is 9.78. The van der Waals surface area contributed by atoms with Gasteiger partial charge >= 0.3 is 5.97 Å². The summed E-state index contributed by atoms with van der Waals surface area (Å²) in [5.74, 6) is -0.339. The van der Waals surface area contributed by atoms with Crippen molar-refractivity contribution in [2.24, 2.45) is 0 Å². The Bertz CT molecular complexity index is 510. The van der Waals surface area contributed by atoms with Gasteiger partial charge in [-0.15, -0.1) is 0 Å². The topological polar surface area (TPSA) is 55.4 Å². The van der Waals surface area contributed by atoms with Crippen LogP contribution in [0.25, 0.3) is 6.08 Å². The maximum Gasteiger partial charge on any atom is 0.338 e. The largest absolute Gasteiger partial charge is 0.456 e. The smallest absolute Gasteiger partial charge is 0.338 e. The number of hydrogen-bond acceptors (Lipinski definition) is 3. The van der Waals surface area contributed by atoms with Gasteiger partial charge in [-0.3, -0.25) is 4.79 Å². The summed E-state index contributed by atoms with van der Waals surface area (Å²) >= 11 is 0. The Morgan fingerprint density at radius 3 is 2.33 bits per heavy atom. The van der Waals surface area contributed by atoms with E-state index in [-0.39, 0.29) is 11.9 Å². The van der Waals surface area contributed by atoms with E-state index in [1.54, 1.807) is 12.1 Å². The molecule has 0 bridgehead atoms. The van der Waals surface area contributed by atoms with Crippen LogP contribution in [0, 0.1) is 0 Å². The predicted molar refractivity (Wildman–Crippen MR) is 83.9 cm³/mol. The predicted octanol–water partition coefficient (Wildman–Crippen LogP) is 3.18. The molecule has 0 saturated carbocycles. The van der Waals surface area contributed by atoms with Gasteiger partial charge in [0.2, 0.25) is 5.91 Å². The van der Waals surface area contributed by atoms with Crippen LogP contribution >= 0.6 is 0 Å². The van der Waals surface area contributed by atoms with Crippen LogP contribution in [0.5, 0.6) is 0 Å². The van der Waals surface area contributed by atoms with Crippen molar-refractivity contribution in [3.8, 4) is 0 Å². The van der Waals surface area contributed by atoms with Gasteiger partial charge in [0.1, 0.15) is 5.60 Å². The fraction of sp³-hybridized carbons (Fsp3) is 0.412. The van der Waals surface area contributed by atoms with Gasteiger partial charge in [0.15, 0.2) is 0 Å². The van der Waals surface area contributed by atoms with E-state index in [1.807, 2.05) is 45.1 Å². The Kier molecular flexibility index (Phi) is 6.15. The number of ether oxygens (including phenoxy) is 1. The van der Waals surface area contributed by atoms with Gasteiger partial charge in [-0.1, -0.05) is 24.3 Å². The fourth-order valence-corrected chi connectivity index (χ4v) is 1.62. The van der Waals surface area contributed by atoms with Crippen LogP contribution in [0.15, 0.2) is 30.3 Å². The number of carbonyl (C=O) groups excluding carboxylic acids is 2. The van der Waals surface area contributed by atoms with Crippen molar-refractivity contribution in [2.45, 2.75) is 39.7 Å². The molecular formula is C17H23NO3. The molecule has 0 saturated heterocycles. The highest BCUT2D eigenvalue weighted by Crippen LogP contribution is 2.13. The van der Waals surface area contributed by atoms with Crippen LogP contribution < -0.4 is 5.32 Å². The zero-order valence-electron chi connectivity index (χ0n) is 13.1. The lowest BCUT2D eigenvalue weighted by Gasteiger charge is -2.19. The number of nitrogens with one attached hydrogen (secondary N) is 1. The quantitative estimate of drug-likeness (QED) is 0.669. The molecule has 114 valence electrons. The van der Waals surface area contributed by atoms with Crippen LogP contribution in [-0.4, -0.2) is 24.0 Å². The van der Waals surface area contributed by atoms with Gasteiger partial charge < -0.3 is 10.1 Å². The number of rotatable bonds is 5. The molecule has 0 heterocycles. The molecule has 4 heteroatoms. The molecule has 0 radical (unpaired) electrons. The molecule has 0 atom stereocenters. The van der Waals surface area contributed by atoms with Crippen molar-refractivity contribution >= 4 is 18.0 Å². The maximum atomic E-state index is 11.9. The minimum Gasteiger partial charge on any atom is -0.456 e. The Morgan fingerprint density at radius 1 is 1.19 bits per heavy atom. The summed E-state index contributed by atoms with van der Waals surface area (Å²) in [5, 5.41) is 2.73. The lowest BCUT2D eigenvalue weighted by Crippen LogP contribution is -2.23. The molecule has 4 nitrogen and oxygen atoms in total. The lowest BCUT2D eigenvalue weighted by molar-refractivity contribution is -0.118. The lowest BCUT2D eigenvalue weighted by atomic mass is 10.1. The monoisotopic (exact) mass is 289 g/mol. The van der Waals surface area contributed by atoms with Gasteiger partial charge in [-0.2, -0.15) is 0 Å². The zero-order chi connectivity index (χ0) is 15.9. The number of carbonyl (C=O) groups is 2. The molecular weight excluding hydrogens is 266 g/mol. The van der Waals surface area contributed by atoms with Crippen LogP contribution in [0.1, 0.15) is 50.0 Å². The highest BCUT2D eigenvalue weighted by molar-refractivity contribution is 5.89. The van der Waals surface area contributed by atoms with E-state index < -0.39 is 5.60 Å². The molecule has 0 fully saturated rings. The van der Waals surface area contributed by atoms with Gasteiger partial charge in [0.05, 0.1) is 5.56 Å². The Hall–Kier alpha value is -2.10. The summed E-state index contributed by atoms with van der Waals surface area (Å²) in [6.07, 6.45) is 4.71. The average Bonchev–Trinajstić information content (AvgIpc) is 2.36. The molecule has 0 aliphatic heterocycles. The second-order valence-electron chi connectivity index (χ2n) is 5.80. The first-order valence-electron chi connectivity index (χ1n) is 7.02. The molecule has 0 spiro atoms. The van der Waals surface area contributed by atoms with Gasteiger partial charge in [0, 0.05) is 13.5 Å². The van der Waals surface area contributed by atoms with Crippen LogP contribution in [-0.2, 0) is 9.53 Å². The van der Waals surface area contributed by atoms with Gasteiger partial charge in [-0.25, -0.2) is 4.79 Å². The zero-order valence-corrected chi connectivity index (χ0v) is 13.1. The molecule has 1 amide bonds. The van der Waals surface area contributed by atoms with E-state index in [0.29, 0.717) is 12.1 Å². The third-order valence-electron chi connectivity index (χ3n) is 2.54. The number of benzene rings is 1. The molecule has 0 aromatic heterocycles. The summed E-state index contributed by atoms with van der Waals surface area (Å²) < 4.78 is 5.30. The molecule has 1 rings (SSSR count). The number of amides is 1. The van der Waals surface area contributed by atoms with Crippen molar-refractivity contribution < 1.29 is 14.3 Å². The van der Waals surface area contributed by atoms with Crippen molar-refractivity contribution in [3.05, 3.63) is 41.5 Å². The Morgan fingerprint density at radius 2 is 1.81 bits per heavy atom.